The standard InChI is InChI=1S/C23H23N3O4/c1-16(27)24-12-13-25-23(29)18-6-9-20(10-7-18)26-22(28)15-30-21-11-8-17-4-2-3-5-19(17)14-21/h2-11,14H,12-13,15H2,1H3,(H,24,27)(H,25,29)(H,26,28). The fraction of sp³-hybridized carbons (Fsp3) is 0.174. The quantitative estimate of drug-likeness (QED) is 0.502. The first-order valence-corrected chi connectivity index (χ1v) is 9.55. The first-order chi connectivity index (χ1) is 14.5. The molecule has 7 nitrogen and oxygen atoms in total. The molecule has 0 atom stereocenters. The number of rotatable bonds is 8. The molecule has 7 heteroatoms. The first kappa shape index (κ1) is 20.9. The molecule has 0 saturated heterocycles. The summed E-state index contributed by atoms with van der Waals surface area (Å²) in [6.07, 6.45) is 0. The second-order valence-electron chi connectivity index (χ2n) is 6.66. The molecule has 0 bridgehead atoms. The Morgan fingerprint density at radius 1 is 0.833 bits per heavy atom. The zero-order valence-corrected chi connectivity index (χ0v) is 16.6. The Morgan fingerprint density at radius 2 is 1.53 bits per heavy atom. The first-order valence-electron chi connectivity index (χ1n) is 9.55. The Bertz CT molecular complexity index is 1050. The van der Waals surface area contributed by atoms with Crippen LogP contribution in [-0.2, 0) is 9.59 Å². The number of fused-ring (bicyclic) bond motifs is 1. The fourth-order valence-corrected chi connectivity index (χ4v) is 2.82. The van der Waals surface area contributed by atoms with E-state index in [0.717, 1.165) is 10.8 Å². The van der Waals surface area contributed by atoms with E-state index < -0.39 is 0 Å². The van der Waals surface area contributed by atoms with E-state index in [1.54, 1.807) is 24.3 Å². The lowest BCUT2D eigenvalue weighted by Crippen LogP contribution is -2.33. The minimum atomic E-state index is -0.296. The van der Waals surface area contributed by atoms with Crippen molar-refractivity contribution in [2.24, 2.45) is 0 Å². The maximum atomic E-state index is 12.1. The molecule has 30 heavy (non-hydrogen) atoms. The van der Waals surface area contributed by atoms with Gasteiger partial charge in [0, 0.05) is 31.3 Å². The van der Waals surface area contributed by atoms with Gasteiger partial charge in [-0.3, -0.25) is 14.4 Å². The van der Waals surface area contributed by atoms with Crippen LogP contribution in [0.3, 0.4) is 0 Å². The number of hydrogen-bond donors (Lipinski definition) is 3. The van der Waals surface area contributed by atoms with Crippen LogP contribution in [0, 0.1) is 0 Å². The Balaban J connectivity index is 1.46. The molecule has 3 aromatic rings. The SMILES string of the molecule is CC(=O)NCCNC(=O)c1ccc(NC(=O)COc2ccc3ccccc3c2)cc1. The molecule has 3 aromatic carbocycles. The number of carbonyl (C=O) groups is 3. The molecule has 0 unspecified atom stereocenters. The highest BCUT2D eigenvalue weighted by Crippen LogP contribution is 2.20. The number of hydrogen-bond acceptors (Lipinski definition) is 4. The van der Waals surface area contributed by atoms with Crippen molar-refractivity contribution in [2.45, 2.75) is 6.92 Å². The monoisotopic (exact) mass is 405 g/mol. The van der Waals surface area contributed by atoms with Crippen LogP contribution in [0.15, 0.2) is 66.7 Å². The summed E-state index contributed by atoms with van der Waals surface area (Å²) in [5.41, 5.74) is 1.03. The largest absolute Gasteiger partial charge is 0.484 e. The van der Waals surface area contributed by atoms with Gasteiger partial charge >= 0.3 is 0 Å². The minimum Gasteiger partial charge on any atom is -0.484 e. The van der Waals surface area contributed by atoms with E-state index in [4.69, 9.17) is 4.74 Å². The summed E-state index contributed by atoms with van der Waals surface area (Å²) in [4.78, 5) is 35.0. The summed E-state index contributed by atoms with van der Waals surface area (Å²) in [7, 11) is 0. The van der Waals surface area contributed by atoms with Crippen molar-refractivity contribution in [3.05, 3.63) is 72.3 Å². The summed E-state index contributed by atoms with van der Waals surface area (Å²) in [5, 5.41) is 10.2. The summed E-state index contributed by atoms with van der Waals surface area (Å²) in [5.74, 6) is -0.0717. The number of carbonyl (C=O) groups excluding carboxylic acids is 3. The molecular weight excluding hydrogens is 382 g/mol. The second-order valence-corrected chi connectivity index (χ2v) is 6.66. The number of amides is 3. The Labute approximate surface area is 174 Å². The molecule has 0 heterocycles. The van der Waals surface area contributed by atoms with Gasteiger partial charge in [0.1, 0.15) is 5.75 Å². The van der Waals surface area contributed by atoms with E-state index in [1.165, 1.54) is 6.92 Å². The lowest BCUT2D eigenvalue weighted by Gasteiger charge is -2.09. The van der Waals surface area contributed by atoms with Gasteiger partial charge in [-0.05, 0) is 47.2 Å². The van der Waals surface area contributed by atoms with E-state index in [9.17, 15) is 14.4 Å². The van der Waals surface area contributed by atoms with Crippen LogP contribution < -0.4 is 20.7 Å². The molecule has 0 saturated carbocycles. The number of anilines is 1. The molecule has 0 aromatic heterocycles. The highest BCUT2D eigenvalue weighted by molar-refractivity contribution is 5.96. The summed E-state index contributed by atoms with van der Waals surface area (Å²) in [6.45, 7) is 2.00. The summed E-state index contributed by atoms with van der Waals surface area (Å²) in [6, 6.07) is 20.1. The smallest absolute Gasteiger partial charge is 0.262 e. The third-order valence-corrected chi connectivity index (χ3v) is 4.31. The van der Waals surface area contributed by atoms with Crippen LogP contribution >= 0.6 is 0 Å². The van der Waals surface area contributed by atoms with Crippen molar-refractivity contribution in [3.8, 4) is 5.75 Å². The van der Waals surface area contributed by atoms with Crippen LogP contribution in [0.2, 0.25) is 0 Å². The van der Waals surface area contributed by atoms with E-state index >= 15 is 0 Å². The number of benzene rings is 3. The highest BCUT2D eigenvalue weighted by atomic mass is 16.5. The van der Waals surface area contributed by atoms with Gasteiger partial charge in [-0.2, -0.15) is 0 Å². The third-order valence-electron chi connectivity index (χ3n) is 4.31. The predicted molar refractivity (Wildman–Crippen MR) is 116 cm³/mol. The van der Waals surface area contributed by atoms with Crippen LogP contribution in [0.4, 0.5) is 5.69 Å². The van der Waals surface area contributed by atoms with E-state index in [-0.39, 0.29) is 24.3 Å². The third kappa shape index (κ3) is 6.07. The Morgan fingerprint density at radius 3 is 2.27 bits per heavy atom. The van der Waals surface area contributed by atoms with E-state index in [2.05, 4.69) is 16.0 Å². The number of nitrogens with one attached hydrogen (secondary N) is 3. The second kappa shape index (κ2) is 10.1. The molecule has 0 aliphatic rings. The van der Waals surface area contributed by atoms with Crippen LogP contribution in [0.5, 0.6) is 5.75 Å². The average Bonchev–Trinajstić information content (AvgIpc) is 2.75. The van der Waals surface area contributed by atoms with Crippen molar-refractivity contribution in [2.75, 3.05) is 25.0 Å². The van der Waals surface area contributed by atoms with Gasteiger partial charge < -0.3 is 20.7 Å². The lowest BCUT2D eigenvalue weighted by atomic mass is 10.1. The van der Waals surface area contributed by atoms with Gasteiger partial charge in [-0.15, -0.1) is 0 Å². The van der Waals surface area contributed by atoms with Gasteiger partial charge in [-0.25, -0.2) is 0 Å². The van der Waals surface area contributed by atoms with Crippen LogP contribution in [0.1, 0.15) is 17.3 Å². The molecule has 154 valence electrons. The molecule has 0 radical (unpaired) electrons. The van der Waals surface area contributed by atoms with Gasteiger partial charge in [0.05, 0.1) is 0 Å². The van der Waals surface area contributed by atoms with Crippen molar-refractivity contribution < 1.29 is 19.1 Å². The van der Waals surface area contributed by atoms with Crippen molar-refractivity contribution in [1.29, 1.82) is 0 Å². The van der Waals surface area contributed by atoms with Crippen molar-refractivity contribution in [1.82, 2.24) is 10.6 Å². The molecule has 3 N–H and O–H groups in total. The van der Waals surface area contributed by atoms with E-state index in [0.29, 0.717) is 30.1 Å². The average molecular weight is 405 g/mol. The zero-order valence-electron chi connectivity index (χ0n) is 16.6. The summed E-state index contributed by atoms with van der Waals surface area (Å²) < 4.78 is 5.58. The number of ether oxygens (including phenoxy) is 1. The van der Waals surface area contributed by atoms with Gasteiger partial charge in [0.2, 0.25) is 5.91 Å². The highest BCUT2D eigenvalue weighted by Gasteiger charge is 2.07. The molecule has 3 amide bonds. The van der Waals surface area contributed by atoms with Crippen LogP contribution in [0.25, 0.3) is 10.8 Å². The topological polar surface area (TPSA) is 96.5 Å². The van der Waals surface area contributed by atoms with Gasteiger partial charge in [0.15, 0.2) is 6.61 Å². The zero-order chi connectivity index (χ0) is 21.3. The minimum absolute atomic E-state index is 0.121. The molecule has 0 aliphatic carbocycles. The van der Waals surface area contributed by atoms with Gasteiger partial charge in [0.25, 0.3) is 11.8 Å². The molecular formula is C23H23N3O4. The molecule has 0 fully saturated rings. The molecule has 0 aliphatic heterocycles. The lowest BCUT2D eigenvalue weighted by molar-refractivity contribution is -0.119. The molecule has 0 spiro atoms. The predicted octanol–water partition coefficient (Wildman–Crippen LogP) is 2.72. The maximum absolute atomic E-state index is 12.1. The van der Waals surface area contributed by atoms with E-state index in [1.807, 2.05) is 42.5 Å². The Hall–Kier alpha value is -3.87. The Kier molecular flexibility index (Phi) is 7.00. The molecule has 3 rings (SSSR count). The van der Waals surface area contributed by atoms with Crippen LogP contribution in [-0.4, -0.2) is 37.4 Å². The fourth-order valence-electron chi connectivity index (χ4n) is 2.82. The van der Waals surface area contributed by atoms with Crippen molar-refractivity contribution in [3.63, 3.8) is 0 Å². The maximum Gasteiger partial charge on any atom is 0.262 e. The van der Waals surface area contributed by atoms with Crippen molar-refractivity contribution >= 4 is 34.2 Å². The van der Waals surface area contributed by atoms with Gasteiger partial charge in [-0.1, -0.05) is 30.3 Å². The normalized spacial score (nSPS) is 10.3. The summed E-state index contributed by atoms with van der Waals surface area (Å²) >= 11 is 0.